The first kappa shape index (κ1) is 12.4. The minimum Gasteiger partial charge on any atom is -0.506 e. The Morgan fingerprint density at radius 3 is 2.89 bits per heavy atom. The van der Waals surface area contributed by atoms with Gasteiger partial charge in [0, 0.05) is 12.7 Å². The van der Waals surface area contributed by atoms with Crippen molar-refractivity contribution in [2.75, 3.05) is 12.8 Å². The number of anilines is 1. The monoisotopic (exact) mass is 249 g/mol. The molecule has 0 amide bonds. The van der Waals surface area contributed by atoms with Crippen LogP contribution in [0.1, 0.15) is 25.3 Å². The first-order valence-electron chi connectivity index (χ1n) is 5.61. The number of aromatic nitrogens is 2. The zero-order valence-electron chi connectivity index (χ0n) is 10.3. The smallest absolute Gasteiger partial charge is 0.258 e. The second-order valence-corrected chi connectivity index (χ2v) is 3.86. The molecule has 0 fully saturated rings. The minimum absolute atomic E-state index is 0.00830. The predicted octanol–water partition coefficient (Wildman–Crippen LogP) is 2.12. The third-order valence-corrected chi connectivity index (χ3v) is 2.66. The van der Waals surface area contributed by atoms with Crippen molar-refractivity contribution in [3.63, 3.8) is 0 Å². The van der Waals surface area contributed by atoms with E-state index in [0.717, 1.165) is 6.42 Å². The van der Waals surface area contributed by atoms with E-state index in [2.05, 4.69) is 10.1 Å². The quantitative estimate of drug-likeness (QED) is 0.636. The Kier molecular flexibility index (Phi) is 3.47. The minimum atomic E-state index is -0.190. The van der Waals surface area contributed by atoms with Gasteiger partial charge in [-0.15, -0.1) is 0 Å². The molecule has 1 aromatic carbocycles. The van der Waals surface area contributed by atoms with Crippen molar-refractivity contribution >= 4 is 5.69 Å². The number of hydrogen-bond donors (Lipinski definition) is 2. The average Bonchev–Trinajstić information content (AvgIpc) is 2.84. The van der Waals surface area contributed by atoms with Gasteiger partial charge in [-0.2, -0.15) is 4.98 Å². The number of nitrogens with two attached hydrogens (primary N) is 1. The average molecular weight is 249 g/mol. The van der Waals surface area contributed by atoms with Gasteiger partial charge < -0.3 is 20.1 Å². The second kappa shape index (κ2) is 5.05. The first-order valence-corrected chi connectivity index (χ1v) is 5.61. The maximum absolute atomic E-state index is 9.53. The van der Waals surface area contributed by atoms with E-state index in [1.807, 2.05) is 6.92 Å². The standard InChI is InChI=1S/C12H15N3O3/c1-3-10(17-2)11-14-12(18-15-11)7-4-5-8(13)9(16)6-7/h4-6,10,16H,3,13H2,1-2H3. The molecule has 1 aromatic heterocycles. The number of phenolic OH excluding ortho intramolecular Hbond substituents is 1. The molecule has 0 saturated heterocycles. The van der Waals surface area contributed by atoms with Crippen LogP contribution in [0.15, 0.2) is 22.7 Å². The topological polar surface area (TPSA) is 94.4 Å². The summed E-state index contributed by atoms with van der Waals surface area (Å²) < 4.78 is 10.4. The van der Waals surface area contributed by atoms with Crippen molar-refractivity contribution in [1.29, 1.82) is 0 Å². The van der Waals surface area contributed by atoms with E-state index >= 15 is 0 Å². The van der Waals surface area contributed by atoms with Crippen LogP contribution in [0.4, 0.5) is 5.69 Å². The highest BCUT2D eigenvalue weighted by atomic mass is 16.5. The maximum Gasteiger partial charge on any atom is 0.258 e. The summed E-state index contributed by atoms with van der Waals surface area (Å²) >= 11 is 0. The highest BCUT2D eigenvalue weighted by molar-refractivity contribution is 5.63. The number of rotatable bonds is 4. The van der Waals surface area contributed by atoms with Gasteiger partial charge >= 0.3 is 0 Å². The van der Waals surface area contributed by atoms with Gasteiger partial charge in [-0.25, -0.2) is 0 Å². The van der Waals surface area contributed by atoms with Gasteiger partial charge in [0.2, 0.25) is 5.82 Å². The molecule has 0 radical (unpaired) electrons. The molecular formula is C12H15N3O3. The maximum atomic E-state index is 9.53. The van der Waals surface area contributed by atoms with E-state index in [1.165, 1.54) is 6.07 Å². The zero-order valence-corrected chi connectivity index (χ0v) is 10.3. The van der Waals surface area contributed by atoms with E-state index in [1.54, 1.807) is 19.2 Å². The van der Waals surface area contributed by atoms with Gasteiger partial charge in [0.25, 0.3) is 5.89 Å². The molecule has 1 heterocycles. The van der Waals surface area contributed by atoms with Crippen LogP contribution in [0.3, 0.4) is 0 Å². The van der Waals surface area contributed by atoms with Gasteiger partial charge in [-0.1, -0.05) is 12.1 Å². The van der Waals surface area contributed by atoms with E-state index < -0.39 is 0 Å². The van der Waals surface area contributed by atoms with Gasteiger partial charge in [-0.3, -0.25) is 0 Å². The predicted molar refractivity (Wildman–Crippen MR) is 65.9 cm³/mol. The van der Waals surface area contributed by atoms with Crippen LogP contribution in [0, 0.1) is 0 Å². The van der Waals surface area contributed by atoms with E-state index in [0.29, 0.717) is 23.0 Å². The molecule has 6 heteroatoms. The number of nitrogen functional groups attached to an aromatic ring is 1. The number of ether oxygens (including phenoxy) is 1. The first-order chi connectivity index (χ1) is 8.65. The van der Waals surface area contributed by atoms with Crippen LogP contribution in [0.5, 0.6) is 5.75 Å². The molecule has 96 valence electrons. The van der Waals surface area contributed by atoms with E-state index in [4.69, 9.17) is 15.0 Å². The Morgan fingerprint density at radius 1 is 1.50 bits per heavy atom. The number of phenols is 1. The third kappa shape index (κ3) is 2.28. The lowest BCUT2D eigenvalue weighted by molar-refractivity contribution is 0.0903. The summed E-state index contributed by atoms with van der Waals surface area (Å²) in [6, 6.07) is 4.78. The van der Waals surface area contributed by atoms with Crippen molar-refractivity contribution < 1.29 is 14.4 Å². The summed E-state index contributed by atoms with van der Waals surface area (Å²) in [7, 11) is 1.60. The SMILES string of the molecule is CCC(OC)c1noc(-c2ccc(N)c(O)c2)n1. The van der Waals surface area contributed by atoms with E-state index in [9.17, 15) is 5.11 Å². The largest absolute Gasteiger partial charge is 0.506 e. The lowest BCUT2D eigenvalue weighted by atomic mass is 10.2. The molecule has 3 N–H and O–H groups in total. The fraction of sp³-hybridized carbons (Fsp3) is 0.333. The Balaban J connectivity index is 2.31. The number of nitrogens with zero attached hydrogens (tertiary/aromatic N) is 2. The molecule has 18 heavy (non-hydrogen) atoms. The van der Waals surface area contributed by atoms with E-state index in [-0.39, 0.29) is 11.9 Å². The Labute approximate surface area is 104 Å². The summed E-state index contributed by atoms with van der Waals surface area (Å²) in [5, 5.41) is 13.4. The van der Waals surface area contributed by atoms with Crippen molar-refractivity contribution in [3.8, 4) is 17.2 Å². The van der Waals surface area contributed by atoms with Crippen LogP contribution in [-0.2, 0) is 4.74 Å². The number of methoxy groups -OCH3 is 1. The Hall–Kier alpha value is -2.08. The van der Waals surface area contributed by atoms with Crippen molar-refractivity contribution in [2.45, 2.75) is 19.4 Å². The molecule has 0 aliphatic heterocycles. The summed E-state index contributed by atoms with van der Waals surface area (Å²) in [6.45, 7) is 1.97. The van der Waals surface area contributed by atoms with Crippen LogP contribution in [-0.4, -0.2) is 22.4 Å². The third-order valence-electron chi connectivity index (χ3n) is 2.66. The number of hydrogen-bond acceptors (Lipinski definition) is 6. The fourth-order valence-electron chi connectivity index (χ4n) is 1.61. The van der Waals surface area contributed by atoms with Gasteiger partial charge in [-0.05, 0) is 24.6 Å². The van der Waals surface area contributed by atoms with Gasteiger partial charge in [0.15, 0.2) is 0 Å². The number of aromatic hydroxyl groups is 1. The summed E-state index contributed by atoms with van der Waals surface area (Å²) in [5.41, 5.74) is 6.45. The van der Waals surface area contributed by atoms with Crippen molar-refractivity contribution in [3.05, 3.63) is 24.0 Å². The van der Waals surface area contributed by atoms with Crippen LogP contribution in [0.2, 0.25) is 0 Å². The van der Waals surface area contributed by atoms with Gasteiger partial charge in [0.1, 0.15) is 11.9 Å². The highest BCUT2D eigenvalue weighted by Gasteiger charge is 2.17. The second-order valence-electron chi connectivity index (χ2n) is 3.86. The molecule has 6 nitrogen and oxygen atoms in total. The molecule has 2 aromatic rings. The zero-order chi connectivity index (χ0) is 13.1. The lowest BCUT2D eigenvalue weighted by Crippen LogP contribution is -2.01. The molecular weight excluding hydrogens is 234 g/mol. The molecule has 2 rings (SSSR count). The summed E-state index contributed by atoms with van der Waals surface area (Å²) in [6.07, 6.45) is 0.563. The molecule has 0 aliphatic carbocycles. The van der Waals surface area contributed by atoms with Crippen LogP contribution in [0.25, 0.3) is 11.5 Å². The molecule has 1 unspecified atom stereocenters. The normalized spacial score (nSPS) is 12.6. The molecule has 0 saturated carbocycles. The Bertz CT molecular complexity index is 535. The van der Waals surface area contributed by atoms with Gasteiger partial charge in [0.05, 0.1) is 5.69 Å². The molecule has 0 spiro atoms. The fourth-order valence-corrected chi connectivity index (χ4v) is 1.61. The highest BCUT2D eigenvalue weighted by Crippen LogP contribution is 2.28. The van der Waals surface area contributed by atoms with Crippen molar-refractivity contribution in [1.82, 2.24) is 10.1 Å². The van der Waals surface area contributed by atoms with Crippen molar-refractivity contribution in [2.24, 2.45) is 0 Å². The summed E-state index contributed by atoms with van der Waals surface area (Å²) in [5.74, 6) is 0.813. The molecule has 0 aliphatic rings. The Morgan fingerprint density at radius 2 is 2.28 bits per heavy atom. The molecule has 0 bridgehead atoms. The lowest BCUT2D eigenvalue weighted by Gasteiger charge is -2.06. The number of benzene rings is 1. The van der Waals surface area contributed by atoms with Crippen LogP contribution >= 0.6 is 0 Å². The summed E-state index contributed by atoms with van der Waals surface area (Å²) in [4.78, 5) is 4.24. The molecule has 1 atom stereocenters. The van der Waals surface area contributed by atoms with Crippen LogP contribution < -0.4 is 5.73 Å².